The van der Waals surface area contributed by atoms with Crippen molar-refractivity contribution in [3.63, 3.8) is 0 Å². The second-order valence-electron chi connectivity index (χ2n) is 10.3. The highest BCUT2D eigenvalue weighted by Gasteiger charge is 2.39. The molecule has 1 saturated heterocycles. The van der Waals surface area contributed by atoms with Crippen LogP contribution in [0.2, 0.25) is 0 Å². The predicted molar refractivity (Wildman–Crippen MR) is 139 cm³/mol. The molecule has 10 heteroatoms. The molecule has 5 heterocycles. The van der Waals surface area contributed by atoms with Crippen LogP contribution >= 0.6 is 0 Å². The van der Waals surface area contributed by atoms with Crippen LogP contribution in [0.3, 0.4) is 0 Å². The zero-order chi connectivity index (χ0) is 25.6. The Morgan fingerprint density at radius 2 is 1.89 bits per heavy atom. The molecule has 0 unspecified atom stereocenters. The summed E-state index contributed by atoms with van der Waals surface area (Å²) in [5.74, 6) is -0.378. The lowest BCUT2D eigenvalue weighted by Crippen LogP contribution is -2.37. The number of aromatic nitrogens is 5. The molecule has 1 fully saturated rings. The lowest BCUT2D eigenvalue weighted by atomic mass is 9.90. The highest BCUT2D eigenvalue weighted by molar-refractivity contribution is 6.06. The van der Waals surface area contributed by atoms with Crippen LogP contribution in [0, 0.1) is 12.3 Å². The lowest BCUT2D eigenvalue weighted by Gasteiger charge is -2.19. The Labute approximate surface area is 209 Å². The normalized spacial score (nSPS) is 17.4. The fraction of sp³-hybridized carbons (Fsp3) is 0.346. The van der Waals surface area contributed by atoms with Crippen molar-refractivity contribution in [3.05, 3.63) is 54.2 Å². The number of amides is 2. The van der Waals surface area contributed by atoms with Crippen LogP contribution in [0.4, 0.5) is 11.4 Å². The lowest BCUT2D eigenvalue weighted by molar-refractivity contribution is -0.120. The van der Waals surface area contributed by atoms with Crippen LogP contribution < -0.4 is 10.6 Å². The van der Waals surface area contributed by atoms with Crippen LogP contribution in [0.15, 0.2) is 43.0 Å². The van der Waals surface area contributed by atoms with Crippen molar-refractivity contribution in [3.8, 4) is 11.3 Å². The van der Waals surface area contributed by atoms with Gasteiger partial charge in [-0.25, -0.2) is 4.98 Å². The first-order chi connectivity index (χ1) is 17.1. The van der Waals surface area contributed by atoms with Gasteiger partial charge in [0.2, 0.25) is 5.91 Å². The first kappa shape index (κ1) is 23.7. The zero-order valence-corrected chi connectivity index (χ0v) is 21.1. The number of rotatable bonds is 5. The van der Waals surface area contributed by atoms with Gasteiger partial charge in [0.15, 0.2) is 0 Å². The molecule has 36 heavy (non-hydrogen) atoms. The molecule has 1 aliphatic rings. The maximum Gasteiger partial charge on any atom is 0.257 e. The highest BCUT2D eigenvalue weighted by atomic mass is 16.2. The van der Waals surface area contributed by atoms with E-state index in [4.69, 9.17) is 0 Å². The summed E-state index contributed by atoms with van der Waals surface area (Å²) in [5, 5.41) is 10.9. The van der Waals surface area contributed by atoms with E-state index in [0.717, 1.165) is 29.6 Å². The Hall–Kier alpha value is -4.05. The molecular weight excluding hydrogens is 456 g/mol. The van der Waals surface area contributed by atoms with Crippen molar-refractivity contribution in [2.24, 2.45) is 12.5 Å². The van der Waals surface area contributed by atoms with Crippen molar-refractivity contribution in [2.45, 2.75) is 33.2 Å². The van der Waals surface area contributed by atoms with Gasteiger partial charge in [0.25, 0.3) is 5.91 Å². The number of hydrogen-bond donors (Lipinski definition) is 3. The molecule has 1 atom stereocenters. The van der Waals surface area contributed by atoms with Gasteiger partial charge in [-0.15, -0.1) is 0 Å². The number of anilines is 2. The van der Waals surface area contributed by atoms with E-state index >= 15 is 0 Å². The summed E-state index contributed by atoms with van der Waals surface area (Å²) < 4.78 is 1.73. The van der Waals surface area contributed by atoms with Gasteiger partial charge in [0, 0.05) is 36.9 Å². The third-order valence-electron chi connectivity index (χ3n) is 6.61. The minimum absolute atomic E-state index is 0.0717. The minimum atomic E-state index is -0.306. The van der Waals surface area contributed by atoms with Crippen LogP contribution in [0.25, 0.3) is 22.3 Å². The SMILES string of the molecule is Cc1ncc(NC(=O)[C@@H]2CC(C)(C)CN2C)cc1NC(=O)c1cnc2[nH]c(-c3cnn(C)c3)cc2c1. The minimum Gasteiger partial charge on any atom is -0.339 e. The number of fused-ring (bicyclic) bond motifs is 1. The van der Waals surface area contributed by atoms with E-state index in [1.54, 1.807) is 29.2 Å². The molecule has 2 amide bonds. The second-order valence-corrected chi connectivity index (χ2v) is 10.3. The number of H-pyrrole nitrogens is 1. The van der Waals surface area contributed by atoms with Gasteiger partial charge in [0.05, 0.1) is 46.8 Å². The van der Waals surface area contributed by atoms with Gasteiger partial charge in [-0.1, -0.05) is 13.8 Å². The molecule has 186 valence electrons. The summed E-state index contributed by atoms with van der Waals surface area (Å²) >= 11 is 0. The van der Waals surface area contributed by atoms with Gasteiger partial charge in [0.1, 0.15) is 5.65 Å². The summed E-state index contributed by atoms with van der Waals surface area (Å²) in [7, 11) is 3.82. The Morgan fingerprint density at radius 3 is 2.58 bits per heavy atom. The molecule has 10 nitrogen and oxygen atoms in total. The van der Waals surface area contributed by atoms with E-state index < -0.39 is 0 Å². The third-order valence-corrected chi connectivity index (χ3v) is 6.61. The number of carbonyl (C=O) groups is 2. The van der Waals surface area contributed by atoms with Gasteiger partial charge in [-0.2, -0.15) is 5.10 Å². The van der Waals surface area contributed by atoms with Crippen LogP contribution in [-0.2, 0) is 11.8 Å². The molecule has 0 radical (unpaired) electrons. The van der Waals surface area contributed by atoms with E-state index in [0.29, 0.717) is 28.3 Å². The molecule has 0 saturated carbocycles. The van der Waals surface area contributed by atoms with Crippen molar-refractivity contribution in [1.29, 1.82) is 0 Å². The largest absolute Gasteiger partial charge is 0.339 e. The summed E-state index contributed by atoms with van der Waals surface area (Å²) in [6.07, 6.45) is 7.61. The quantitative estimate of drug-likeness (QED) is 0.396. The van der Waals surface area contributed by atoms with E-state index in [9.17, 15) is 9.59 Å². The Balaban J connectivity index is 1.32. The number of pyridine rings is 2. The predicted octanol–water partition coefficient (Wildman–Crippen LogP) is 3.59. The molecule has 0 bridgehead atoms. The third kappa shape index (κ3) is 4.72. The first-order valence-corrected chi connectivity index (χ1v) is 11.8. The van der Waals surface area contributed by atoms with E-state index in [-0.39, 0.29) is 23.3 Å². The summed E-state index contributed by atoms with van der Waals surface area (Å²) in [5.41, 5.74) is 4.74. The molecule has 0 aliphatic carbocycles. The van der Waals surface area contributed by atoms with Gasteiger partial charge in [-0.3, -0.25) is 24.2 Å². The summed E-state index contributed by atoms with van der Waals surface area (Å²) in [6, 6.07) is 5.27. The number of hydrogen-bond acceptors (Lipinski definition) is 6. The van der Waals surface area contributed by atoms with Crippen molar-refractivity contribution in [2.75, 3.05) is 24.2 Å². The van der Waals surface area contributed by atoms with Crippen LogP contribution in [0.5, 0.6) is 0 Å². The van der Waals surface area contributed by atoms with Crippen molar-refractivity contribution >= 4 is 34.2 Å². The number of nitrogens with one attached hydrogen (secondary N) is 3. The molecule has 4 aromatic heterocycles. The average molecular weight is 487 g/mol. The second kappa shape index (κ2) is 8.87. The maximum absolute atomic E-state index is 13.1. The molecule has 1 aliphatic heterocycles. The Morgan fingerprint density at radius 1 is 1.08 bits per heavy atom. The molecule has 3 N–H and O–H groups in total. The van der Waals surface area contributed by atoms with Gasteiger partial charge in [-0.05, 0) is 44.0 Å². The molecule has 0 aromatic carbocycles. The van der Waals surface area contributed by atoms with E-state index in [2.05, 4.69) is 49.4 Å². The number of likely N-dealkylation sites (N-methyl/N-ethyl adjacent to an activating group) is 1. The number of aromatic amines is 1. The number of aryl methyl sites for hydroxylation is 2. The number of likely N-dealkylation sites (tertiary alicyclic amines) is 1. The van der Waals surface area contributed by atoms with E-state index in [1.165, 1.54) is 6.20 Å². The average Bonchev–Trinajstić information content (AvgIpc) is 3.51. The standard InChI is InChI=1S/C26H30N8O2/c1-15-20(8-19(12-27-15)30-25(36)22-9-26(2,3)14-33(22)4)32-24(35)17-6-16-7-21(31-23(16)28-10-17)18-11-29-34(5)13-18/h6-8,10-13,22H,9,14H2,1-5H3,(H,28,31)(H,30,36)(H,32,35)/t22-/m0/s1. The summed E-state index contributed by atoms with van der Waals surface area (Å²) in [6.45, 7) is 7.00. The van der Waals surface area contributed by atoms with Crippen LogP contribution in [0.1, 0.15) is 36.3 Å². The Kier molecular flexibility index (Phi) is 5.83. The fourth-order valence-corrected chi connectivity index (χ4v) is 4.83. The first-order valence-electron chi connectivity index (χ1n) is 11.8. The van der Waals surface area contributed by atoms with Crippen LogP contribution in [-0.4, -0.2) is 61.1 Å². The van der Waals surface area contributed by atoms with Gasteiger partial charge >= 0.3 is 0 Å². The monoisotopic (exact) mass is 486 g/mol. The van der Waals surface area contributed by atoms with Crippen molar-refractivity contribution in [1.82, 2.24) is 29.6 Å². The molecule has 0 spiro atoms. The zero-order valence-electron chi connectivity index (χ0n) is 21.1. The van der Waals surface area contributed by atoms with Crippen molar-refractivity contribution < 1.29 is 9.59 Å². The maximum atomic E-state index is 13.1. The smallest absolute Gasteiger partial charge is 0.257 e. The highest BCUT2D eigenvalue weighted by Crippen LogP contribution is 2.33. The molecule has 4 aromatic rings. The van der Waals surface area contributed by atoms with Gasteiger partial charge < -0.3 is 15.6 Å². The topological polar surface area (TPSA) is 121 Å². The summed E-state index contributed by atoms with van der Waals surface area (Å²) in [4.78, 5) is 40.1. The number of carbonyl (C=O) groups excluding carboxylic acids is 2. The number of nitrogens with zero attached hydrogens (tertiary/aromatic N) is 5. The molecule has 5 rings (SSSR count). The molecular formula is C26H30N8O2. The van der Waals surface area contributed by atoms with E-state index in [1.807, 2.05) is 33.3 Å². The fourth-order valence-electron chi connectivity index (χ4n) is 4.83. The Bertz CT molecular complexity index is 1470.